The summed E-state index contributed by atoms with van der Waals surface area (Å²) < 4.78 is 0. The van der Waals surface area contributed by atoms with Crippen LogP contribution in [-0.2, 0) is 4.79 Å². The second kappa shape index (κ2) is 5.36. The minimum absolute atomic E-state index is 0.00176. The SMILES string of the molecule is CC(C)(CC(=O)N1CCCC1)N1CCNCC1. The molecule has 2 rings (SSSR count). The van der Waals surface area contributed by atoms with Crippen molar-refractivity contribution in [3.63, 3.8) is 0 Å². The van der Waals surface area contributed by atoms with E-state index in [1.807, 2.05) is 4.90 Å². The van der Waals surface area contributed by atoms with Crippen molar-refractivity contribution in [3.8, 4) is 0 Å². The predicted octanol–water partition coefficient (Wildman–Crippen LogP) is 0.683. The maximum atomic E-state index is 12.2. The number of likely N-dealkylation sites (tertiary alicyclic amines) is 1. The van der Waals surface area contributed by atoms with Crippen LogP contribution in [0.3, 0.4) is 0 Å². The molecule has 0 bridgehead atoms. The van der Waals surface area contributed by atoms with Gasteiger partial charge in [-0.1, -0.05) is 0 Å². The third-order valence-corrected chi connectivity index (χ3v) is 4.02. The van der Waals surface area contributed by atoms with Gasteiger partial charge in [0.2, 0.25) is 5.91 Å². The van der Waals surface area contributed by atoms with Gasteiger partial charge >= 0.3 is 0 Å². The molecular weight excluding hydrogens is 214 g/mol. The molecule has 0 saturated carbocycles. The van der Waals surface area contributed by atoms with E-state index in [9.17, 15) is 4.79 Å². The van der Waals surface area contributed by atoms with Gasteiger partial charge in [-0.3, -0.25) is 9.69 Å². The van der Waals surface area contributed by atoms with Crippen LogP contribution in [0.4, 0.5) is 0 Å². The molecule has 17 heavy (non-hydrogen) atoms. The summed E-state index contributed by atoms with van der Waals surface area (Å²) in [7, 11) is 0. The highest BCUT2D eigenvalue weighted by Crippen LogP contribution is 2.22. The predicted molar refractivity (Wildman–Crippen MR) is 69.0 cm³/mol. The standard InChI is InChI=1S/C13H25N3O/c1-13(2,16-9-5-14-6-10-16)11-12(17)15-7-3-4-8-15/h14H,3-11H2,1-2H3. The zero-order valence-electron chi connectivity index (χ0n) is 11.2. The molecule has 0 atom stereocenters. The van der Waals surface area contributed by atoms with Crippen molar-refractivity contribution in [3.05, 3.63) is 0 Å². The highest BCUT2D eigenvalue weighted by molar-refractivity contribution is 5.77. The molecule has 4 heteroatoms. The Bertz CT molecular complexity index is 266. The Balaban J connectivity index is 1.88. The first-order valence-corrected chi connectivity index (χ1v) is 6.83. The van der Waals surface area contributed by atoms with Gasteiger partial charge in [-0.2, -0.15) is 0 Å². The van der Waals surface area contributed by atoms with Gasteiger partial charge in [0, 0.05) is 51.2 Å². The first kappa shape index (κ1) is 12.8. The van der Waals surface area contributed by atoms with Crippen molar-refractivity contribution in [2.45, 2.75) is 38.6 Å². The van der Waals surface area contributed by atoms with Crippen LogP contribution < -0.4 is 5.32 Å². The molecule has 2 heterocycles. The van der Waals surface area contributed by atoms with Gasteiger partial charge in [0.15, 0.2) is 0 Å². The van der Waals surface area contributed by atoms with E-state index in [1.165, 1.54) is 12.8 Å². The highest BCUT2D eigenvalue weighted by Gasteiger charge is 2.32. The van der Waals surface area contributed by atoms with Crippen LogP contribution >= 0.6 is 0 Å². The van der Waals surface area contributed by atoms with E-state index in [2.05, 4.69) is 24.1 Å². The van der Waals surface area contributed by atoms with E-state index in [1.54, 1.807) is 0 Å². The van der Waals surface area contributed by atoms with Gasteiger partial charge in [-0.25, -0.2) is 0 Å². The number of hydrogen-bond acceptors (Lipinski definition) is 3. The smallest absolute Gasteiger partial charge is 0.224 e. The molecule has 0 aromatic carbocycles. The van der Waals surface area contributed by atoms with Crippen molar-refractivity contribution in [2.75, 3.05) is 39.3 Å². The molecule has 0 spiro atoms. The molecule has 0 aliphatic carbocycles. The molecule has 0 unspecified atom stereocenters. The Kier molecular flexibility index (Phi) is 4.05. The van der Waals surface area contributed by atoms with E-state index < -0.39 is 0 Å². The summed E-state index contributed by atoms with van der Waals surface area (Å²) in [5.41, 5.74) is 0.00176. The lowest BCUT2D eigenvalue weighted by molar-refractivity contribution is -0.133. The average Bonchev–Trinajstić information content (AvgIpc) is 2.83. The van der Waals surface area contributed by atoms with Crippen molar-refractivity contribution in [2.24, 2.45) is 0 Å². The van der Waals surface area contributed by atoms with Gasteiger partial charge in [0.1, 0.15) is 0 Å². The third-order valence-electron chi connectivity index (χ3n) is 4.02. The molecule has 2 saturated heterocycles. The minimum atomic E-state index is 0.00176. The van der Waals surface area contributed by atoms with E-state index >= 15 is 0 Å². The van der Waals surface area contributed by atoms with Crippen LogP contribution in [0.1, 0.15) is 33.1 Å². The second-order valence-electron chi connectivity index (χ2n) is 5.81. The molecule has 4 nitrogen and oxygen atoms in total. The lowest BCUT2D eigenvalue weighted by Gasteiger charge is -2.41. The molecule has 1 amide bonds. The summed E-state index contributed by atoms with van der Waals surface area (Å²) in [6.45, 7) is 10.5. The molecule has 0 radical (unpaired) electrons. The van der Waals surface area contributed by atoms with Gasteiger partial charge in [-0.05, 0) is 26.7 Å². The van der Waals surface area contributed by atoms with Gasteiger partial charge in [0.05, 0.1) is 0 Å². The minimum Gasteiger partial charge on any atom is -0.343 e. The summed E-state index contributed by atoms with van der Waals surface area (Å²) in [5, 5.41) is 3.36. The first-order chi connectivity index (χ1) is 8.09. The van der Waals surface area contributed by atoms with Crippen LogP contribution in [0.2, 0.25) is 0 Å². The van der Waals surface area contributed by atoms with Crippen molar-refractivity contribution < 1.29 is 4.79 Å². The fraction of sp³-hybridized carbons (Fsp3) is 0.923. The summed E-state index contributed by atoms with van der Waals surface area (Å²) in [4.78, 5) is 16.7. The summed E-state index contributed by atoms with van der Waals surface area (Å²) in [6, 6.07) is 0. The van der Waals surface area contributed by atoms with Crippen LogP contribution in [0.5, 0.6) is 0 Å². The fourth-order valence-electron chi connectivity index (χ4n) is 2.83. The number of nitrogens with one attached hydrogen (secondary N) is 1. The van der Waals surface area contributed by atoms with Gasteiger partial charge in [0.25, 0.3) is 0 Å². The Morgan fingerprint density at radius 1 is 1.12 bits per heavy atom. The summed E-state index contributed by atoms with van der Waals surface area (Å²) in [6.07, 6.45) is 3.02. The normalized spacial score (nSPS) is 23.1. The molecule has 98 valence electrons. The molecular formula is C13H25N3O. The molecule has 2 aliphatic rings. The van der Waals surface area contributed by atoms with Crippen molar-refractivity contribution >= 4 is 5.91 Å². The van der Waals surface area contributed by atoms with E-state index in [4.69, 9.17) is 0 Å². The number of nitrogens with zero attached hydrogens (tertiary/aromatic N) is 2. The van der Waals surface area contributed by atoms with Crippen LogP contribution in [0, 0.1) is 0 Å². The lowest BCUT2D eigenvalue weighted by Crippen LogP contribution is -2.54. The Morgan fingerprint density at radius 2 is 1.71 bits per heavy atom. The molecule has 2 fully saturated rings. The third kappa shape index (κ3) is 3.19. The summed E-state index contributed by atoms with van der Waals surface area (Å²) in [5.74, 6) is 0.339. The molecule has 2 aliphatic heterocycles. The zero-order chi connectivity index (χ0) is 12.3. The van der Waals surface area contributed by atoms with E-state index in [0.29, 0.717) is 12.3 Å². The van der Waals surface area contributed by atoms with Crippen LogP contribution in [0.25, 0.3) is 0 Å². The van der Waals surface area contributed by atoms with E-state index in [0.717, 1.165) is 39.3 Å². The molecule has 0 aromatic rings. The largest absolute Gasteiger partial charge is 0.343 e. The van der Waals surface area contributed by atoms with E-state index in [-0.39, 0.29) is 5.54 Å². The summed E-state index contributed by atoms with van der Waals surface area (Å²) >= 11 is 0. The maximum Gasteiger partial charge on any atom is 0.224 e. The van der Waals surface area contributed by atoms with Crippen LogP contribution in [0.15, 0.2) is 0 Å². The Hall–Kier alpha value is -0.610. The second-order valence-corrected chi connectivity index (χ2v) is 5.81. The number of amides is 1. The molecule has 0 aromatic heterocycles. The quantitative estimate of drug-likeness (QED) is 0.787. The Morgan fingerprint density at radius 3 is 2.29 bits per heavy atom. The monoisotopic (exact) mass is 239 g/mol. The topological polar surface area (TPSA) is 35.6 Å². The zero-order valence-corrected chi connectivity index (χ0v) is 11.2. The average molecular weight is 239 g/mol. The van der Waals surface area contributed by atoms with Gasteiger partial charge < -0.3 is 10.2 Å². The highest BCUT2D eigenvalue weighted by atomic mass is 16.2. The lowest BCUT2D eigenvalue weighted by atomic mass is 9.96. The number of rotatable bonds is 3. The molecule has 1 N–H and O–H groups in total. The number of piperazine rings is 1. The van der Waals surface area contributed by atoms with Gasteiger partial charge in [-0.15, -0.1) is 0 Å². The van der Waals surface area contributed by atoms with Crippen molar-refractivity contribution in [1.82, 2.24) is 15.1 Å². The number of hydrogen-bond donors (Lipinski definition) is 1. The first-order valence-electron chi connectivity index (χ1n) is 6.83. The Labute approximate surface area is 104 Å². The number of carbonyl (C=O) groups is 1. The van der Waals surface area contributed by atoms with Crippen LogP contribution in [-0.4, -0.2) is 60.5 Å². The fourth-order valence-corrected chi connectivity index (χ4v) is 2.83. The van der Waals surface area contributed by atoms with Crippen molar-refractivity contribution in [1.29, 1.82) is 0 Å². The maximum absolute atomic E-state index is 12.2. The number of carbonyl (C=O) groups excluding carboxylic acids is 1.